The second kappa shape index (κ2) is 15.8. The molecular weight excluding hydrogens is 534 g/mol. The van der Waals surface area contributed by atoms with Gasteiger partial charge in [0.1, 0.15) is 0 Å². The number of carbonyl (C=O) groups excluding carboxylic acids is 5. The minimum Gasteiger partial charge on any atom is -0.481 e. The van der Waals surface area contributed by atoms with Gasteiger partial charge in [0.25, 0.3) is 11.8 Å². The van der Waals surface area contributed by atoms with Gasteiger partial charge in [0.05, 0.1) is 31.6 Å². The van der Waals surface area contributed by atoms with Crippen molar-refractivity contribution in [2.24, 2.45) is 11.8 Å². The maximum Gasteiger partial charge on any atom is 0.337 e. The van der Waals surface area contributed by atoms with Crippen molar-refractivity contribution < 1.29 is 38.6 Å². The molecule has 224 valence electrons. The van der Waals surface area contributed by atoms with E-state index in [1.165, 1.54) is 31.4 Å². The molecule has 4 amide bonds. The molecule has 2 saturated heterocycles. The Morgan fingerprint density at radius 3 is 2.37 bits per heavy atom. The summed E-state index contributed by atoms with van der Waals surface area (Å²) in [6.07, 6.45) is 4.05. The Bertz CT molecular complexity index is 1100. The van der Waals surface area contributed by atoms with Gasteiger partial charge < -0.3 is 25.4 Å². The van der Waals surface area contributed by atoms with Crippen molar-refractivity contribution in [3.63, 3.8) is 0 Å². The van der Waals surface area contributed by atoms with Crippen LogP contribution < -0.4 is 16.1 Å². The average molecular weight is 574 g/mol. The third kappa shape index (κ3) is 9.64. The van der Waals surface area contributed by atoms with Crippen LogP contribution in [0.25, 0.3) is 0 Å². The number of hydrogen-bond acceptors (Lipinski definition) is 9. The number of methoxy groups -OCH3 is 1. The number of carbonyl (C=O) groups is 6. The van der Waals surface area contributed by atoms with Crippen LogP contribution in [0.2, 0.25) is 0 Å². The van der Waals surface area contributed by atoms with Crippen LogP contribution >= 0.6 is 0 Å². The van der Waals surface area contributed by atoms with E-state index in [-0.39, 0.29) is 36.5 Å². The van der Waals surface area contributed by atoms with Crippen LogP contribution in [0, 0.1) is 11.8 Å². The molecule has 0 radical (unpaired) electrons. The molecular formula is C28H39N5O8. The number of carboxylic acid groups (broad SMARTS) is 1. The van der Waals surface area contributed by atoms with E-state index >= 15 is 0 Å². The summed E-state index contributed by atoms with van der Waals surface area (Å²) in [5.74, 6) is -3.76. The van der Waals surface area contributed by atoms with Gasteiger partial charge in [0.2, 0.25) is 11.8 Å². The Morgan fingerprint density at radius 2 is 1.71 bits per heavy atom. The summed E-state index contributed by atoms with van der Waals surface area (Å²) in [6.45, 7) is 1.92. The smallest absolute Gasteiger partial charge is 0.337 e. The second-order valence-corrected chi connectivity index (χ2v) is 10.3. The standard InChI is InChI=1S/C28H39N5O8/c1-41-28(40)21-7-5-20(6-8-21)26(38)30-17-24(35)33(31-15-12-25(36)37)27(39)22-3-2-16-32(18-22)23(34)9-4-19-10-13-29-14-11-19/h5-8,19,22,29,31H,2-4,9-18H2,1H3,(H,30,38)(H,36,37)/t22-/m1/s1. The summed E-state index contributed by atoms with van der Waals surface area (Å²) in [7, 11) is 1.24. The molecule has 2 aliphatic rings. The number of aliphatic carboxylic acids is 1. The van der Waals surface area contributed by atoms with E-state index in [0.29, 0.717) is 31.7 Å². The number of piperidine rings is 2. The molecule has 2 aliphatic heterocycles. The van der Waals surface area contributed by atoms with Crippen LogP contribution in [0.15, 0.2) is 24.3 Å². The lowest BCUT2D eigenvalue weighted by molar-refractivity contribution is -0.153. The van der Waals surface area contributed by atoms with E-state index in [2.05, 4.69) is 20.8 Å². The van der Waals surface area contributed by atoms with E-state index in [1.807, 2.05) is 0 Å². The van der Waals surface area contributed by atoms with Crippen molar-refractivity contribution in [2.45, 2.75) is 44.9 Å². The zero-order valence-electron chi connectivity index (χ0n) is 23.4. The van der Waals surface area contributed by atoms with Crippen LogP contribution in [-0.2, 0) is 23.9 Å². The molecule has 13 heteroatoms. The number of esters is 1. The van der Waals surface area contributed by atoms with E-state index < -0.39 is 42.1 Å². The first kappa shape index (κ1) is 31.7. The van der Waals surface area contributed by atoms with Crippen molar-refractivity contribution in [1.82, 2.24) is 26.0 Å². The maximum atomic E-state index is 13.4. The minimum absolute atomic E-state index is 0.0109. The summed E-state index contributed by atoms with van der Waals surface area (Å²) >= 11 is 0. The van der Waals surface area contributed by atoms with Crippen LogP contribution in [0.4, 0.5) is 0 Å². The molecule has 0 aliphatic carbocycles. The Hall–Kier alpha value is -3.84. The fraction of sp³-hybridized carbons (Fsp3) is 0.571. The number of hydrogen-bond donors (Lipinski definition) is 4. The van der Waals surface area contributed by atoms with Crippen LogP contribution in [0.5, 0.6) is 0 Å². The Balaban J connectivity index is 1.59. The van der Waals surface area contributed by atoms with Gasteiger partial charge in [-0.3, -0.25) is 24.0 Å². The van der Waals surface area contributed by atoms with Crippen molar-refractivity contribution in [2.75, 3.05) is 46.4 Å². The Kier molecular flexibility index (Phi) is 12.2. The van der Waals surface area contributed by atoms with Crippen molar-refractivity contribution in [3.8, 4) is 0 Å². The van der Waals surface area contributed by atoms with Gasteiger partial charge in [-0.25, -0.2) is 15.2 Å². The Morgan fingerprint density at radius 1 is 1.02 bits per heavy atom. The van der Waals surface area contributed by atoms with E-state index in [1.54, 1.807) is 4.90 Å². The molecule has 2 heterocycles. The van der Waals surface area contributed by atoms with Gasteiger partial charge in [0.15, 0.2) is 0 Å². The number of ether oxygens (including phenoxy) is 1. The molecule has 1 aromatic rings. The number of likely N-dealkylation sites (tertiary alicyclic amines) is 1. The van der Waals surface area contributed by atoms with Gasteiger partial charge in [-0.05, 0) is 75.4 Å². The molecule has 4 N–H and O–H groups in total. The van der Waals surface area contributed by atoms with Crippen LogP contribution in [-0.4, -0.2) is 97.0 Å². The number of hydrazine groups is 1. The zero-order chi connectivity index (χ0) is 29.8. The third-order valence-corrected chi connectivity index (χ3v) is 7.40. The predicted molar refractivity (Wildman–Crippen MR) is 146 cm³/mol. The number of nitrogens with zero attached hydrogens (tertiary/aromatic N) is 2. The summed E-state index contributed by atoms with van der Waals surface area (Å²) in [5, 5.41) is 15.5. The fourth-order valence-electron chi connectivity index (χ4n) is 5.02. The van der Waals surface area contributed by atoms with Crippen molar-refractivity contribution >= 4 is 35.6 Å². The highest BCUT2D eigenvalue weighted by Crippen LogP contribution is 2.22. The van der Waals surface area contributed by atoms with Crippen molar-refractivity contribution in [3.05, 3.63) is 35.4 Å². The van der Waals surface area contributed by atoms with Crippen LogP contribution in [0.1, 0.15) is 65.7 Å². The first-order valence-corrected chi connectivity index (χ1v) is 14.0. The number of carboxylic acids is 1. The number of nitrogens with one attached hydrogen (secondary N) is 3. The molecule has 1 atom stereocenters. The van der Waals surface area contributed by atoms with Gasteiger partial charge in [-0.15, -0.1) is 0 Å². The molecule has 2 fully saturated rings. The van der Waals surface area contributed by atoms with Crippen molar-refractivity contribution in [1.29, 1.82) is 0 Å². The highest BCUT2D eigenvalue weighted by molar-refractivity contribution is 6.01. The van der Waals surface area contributed by atoms with Crippen LogP contribution in [0.3, 0.4) is 0 Å². The Labute approximate surface area is 238 Å². The summed E-state index contributed by atoms with van der Waals surface area (Å²) in [4.78, 5) is 76.2. The zero-order valence-corrected chi connectivity index (χ0v) is 23.4. The van der Waals surface area contributed by atoms with E-state index in [4.69, 9.17) is 5.11 Å². The largest absolute Gasteiger partial charge is 0.481 e. The summed E-state index contributed by atoms with van der Waals surface area (Å²) in [5.41, 5.74) is 3.03. The molecule has 13 nitrogen and oxygen atoms in total. The lowest BCUT2D eigenvalue weighted by Gasteiger charge is -2.35. The van der Waals surface area contributed by atoms with Gasteiger partial charge in [-0.2, -0.15) is 0 Å². The normalized spacial score (nSPS) is 17.4. The SMILES string of the molecule is COC(=O)c1ccc(C(=O)NCC(=O)N(NCCC(=O)O)C(=O)[C@@H]2CCCN(C(=O)CCC3CCNCC3)C2)cc1. The molecule has 0 spiro atoms. The lowest BCUT2D eigenvalue weighted by atomic mass is 9.92. The fourth-order valence-corrected chi connectivity index (χ4v) is 5.02. The maximum absolute atomic E-state index is 13.4. The minimum atomic E-state index is -1.11. The molecule has 0 aromatic heterocycles. The highest BCUT2D eigenvalue weighted by Gasteiger charge is 2.34. The van der Waals surface area contributed by atoms with Gasteiger partial charge in [0, 0.05) is 31.6 Å². The number of imide groups is 1. The average Bonchev–Trinajstić information content (AvgIpc) is 3.00. The molecule has 0 unspecified atom stereocenters. The topological polar surface area (TPSA) is 174 Å². The predicted octanol–water partition coefficient (Wildman–Crippen LogP) is 0.556. The van der Waals surface area contributed by atoms with Gasteiger partial charge in [-0.1, -0.05) is 0 Å². The number of amides is 4. The first-order chi connectivity index (χ1) is 19.7. The van der Waals surface area contributed by atoms with E-state index in [0.717, 1.165) is 37.4 Å². The summed E-state index contributed by atoms with van der Waals surface area (Å²) in [6, 6.07) is 5.63. The number of benzene rings is 1. The quantitative estimate of drug-likeness (QED) is 0.204. The monoisotopic (exact) mass is 573 g/mol. The number of rotatable bonds is 12. The first-order valence-electron chi connectivity index (χ1n) is 14.0. The molecule has 41 heavy (non-hydrogen) atoms. The molecule has 1 aromatic carbocycles. The molecule has 3 rings (SSSR count). The third-order valence-electron chi connectivity index (χ3n) is 7.40. The summed E-state index contributed by atoms with van der Waals surface area (Å²) < 4.78 is 4.63. The van der Waals surface area contributed by atoms with E-state index in [9.17, 15) is 28.8 Å². The van der Waals surface area contributed by atoms with Gasteiger partial charge >= 0.3 is 11.9 Å². The highest BCUT2D eigenvalue weighted by atomic mass is 16.5. The molecule has 0 bridgehead atoms. The lowest BCUT2D eigenvalue weighted by Crippen LogP contribution is -2.55. The molecule has 0 saturated carbocycles. The second-order valence-electron chi connectivity index (χ2n) is 10.3.